The highest BCUT2D eigenvalue weighted by molar-refractivity contribution is 5.25. The summed E-state index contributed by atoms with van der Waals surface area (Å²) < 4.78 is 12.4. The second-order valence-corrected chi connectivity index (χ2v) is 4.71. The number of nitrogens with zero attached hydrogens (tertiary/aromatic N) is 2. The van der Waals surface area contributed by atoms with Gasteiger partial charge in [-0.05, 0) is 6.07 Å². The van der Waals surface area contributed by atoms with Crippen molar-refractivity contribution in [2.24, 2.45) is 5.92 Å². The zero-order valence-corrected chi connectivity index (χ0v) is 11.6. The Morgan fingerprint density at radius 1 is 1.81 bits per heavy atom. The van der Waals surface area contributed by atoms with Gasteiger partial charge >= 0.3 is 5.69 Å². The molecule has 1 fully saturated rings. The van der Waals surface area contributed by atoms with Crippen LogP contribution in [0, 0.1) is 18.3 Å². The summed E-state index contributed by atoms with van der Waals surface area (Å²) in [4.78, 5) is 15.6. The molecule has 21 heavy (non-hydrogen) atoms. The first-order valence-electron chi connectivity index (χ1n) is 6.29. The third-order valence-corrected chi connectivity index (χ3v) is 3.60. The maximum Gasteiger partial charge on any atom is 0.351 e. The van der Waals surface area contributed by atoms with E-state index < -0.39 is 36.1 Å². The molecule has 0 aliphatic carbocycles. The van der Waals surface area contributed by atoms with Crippen LogP contribution in [-0.2, 0) is 9.47 Å². The van der Waals surface area contributed by atoms with E-state index in [4.69, 9.17) is 21.6 Å². The van der Waals surface area contributed by atoms with E-state index in [1.54, 1.807) is 6.08 Å². The van der Waals surface area contributed by atoms with Crippen LogP contribution in [0.3, 0.4) is 0 Å². The molecule has 3 N–H and O–H groups in total. The van der Waals surface area contributed by atoms with Crippen LogP contribution in [-0.4, -0.2) is 40.1 Å². The van der Waals surface area contributed by atoms with Crippen molar-refractivity contribution in [1.82, 2.24) is 9.55 Å². The van der Waals surface area contributed by atoms with E-state index in [9.17, 15) is 9.90 Å². The Hall–Kier alpha value is -2.14. The van der Waals surface area contributed by atoms with Gasteiger partial charge in [0, 0.05) is 13.3 Å². The molecular formula is C14H17N3O4. The number of nitrogens with two attached hydrogens (primary N) is 1. The van der Waals surface area contributed by atoms with Gasteiger partial charge in [-0.25, -0.2) is 4.79 Å². The monoisotopic (exact) mass is 291 g/mol. The fourth-order valence-electron chi connectivity index (χ4n) is 2.56. The van der Waals surface area contributed by atoms with Gasteiger partial charge < -0.3 is 20.3 Å². The Bertz CT molecular complexity index is 636. The molecule has 0 saturated carbocycles. The zero-order chi connectivity index (χ0) is 15.6. The van der Waals surface area contributed by atoms with Crippen molar-refractivity contribution in [3.8, 4) is 12.3 Å². The first kappa shape index (κ1) is 15.3. The third kappa shape index (κ3) is 2.34. The Labute approximate surface area is 122 Å². The molecule has 7 nitrogen and oxygen atoms in total. The normalized spacial score (nSPS) is 31.8. The topological polar surface area (TPSA) is 99.6 Å². The number of aliphatic hydroxyl groups is 1. The first-order chi connectivity index (χ1) is 10.0. The molecule has 1 aromatic heterocycles. The van der Waals surface area contributed by atoms with Crippen LogP contribution in [0.15, 0.2) is 29.7 Å². The first-order valence-corrected chi connectivity index (χ1v) is 6.29. The second kappa shape index (κ2) is 5.69. The number of rotatable bonds is 4. The molecule has 112 valence electrons. The number of anilines is 1. The SMILES string of the molecule is C#C[C@]1(CO)O[C@@H](n2ccc(N)nc2=O)[C@@H](C=C)[C@@H]1OC. The predicted molar refractivity (Wildman–Crippen MR) is 76.2 cm³/mol. The summed E-state index contributed by atoms with van der Waals surface area (Å²) >= 11 is 0. The van der Waals surface area contributed by atoms with E-state index in [1.165, 1.54) is 23.9 Å². The predicted octanol–water partition coefficient (Wildman–Crippen LogP) is -0.464. The molecule has 0 radical (unpaired) electrons. The summed E-state index contributed by atoms with van der Waals surface area (Å²) in [6.45, 7) is 3.28. The Kier molecular flexibility index (Phi) is 4.14. The van der Waals surface area contributed by atoms with Gasteiger partial charge in [-0.2, -0.15) is 4.98 Å². The highest BCUT2D eigenvalue weighted by Crippen LogP contribution is 2.42. The second-order valence-electron chi connectivity index (χ2n) is 4.71. The quantitative estimate of drug-likeness (QED) is 0.575. The molecular weight excluding hydrogens is 274 g/mol. The molecule has 0 aromatic carbocycles. The molecule has 4 atom stereocenters. The van der Waals surface area contributed by atoms with Gasteiger partial charge in [0.05, 0.1) is 12.5 Å². The fourth-order valence-corrected chi connectivity index (χ4v) is 2.56. The van der Waals surface area contributed by atoms with E-state index >= 15 is 0 Å². The molecule has 1 aliphatic heterocycles. The van der Waals surface area contributed by atoms with Crippen LogP contribution in [0.4, 0.5) is 5.82 Å². The molecule has 2 heterocycles. The molecule has 0 spiro atoms. The van der Waals surface area contributed by atoms with Crippen LogP contribution < -0.4 is 11.4 Å². The Balaban J connectivity index is 2.52. The maximum absolute atomic E-state index is 12.0. The summed E-state index contributed by atoms with van der Waals surface area (Å²) in [6.07, 6.45) is 7.11. The van der Waals surface area contributed by atoms with E-state index in [0.29, 0.717) is 0 Å². The van der Waals surface area contributed by atoms with E-state index in [0.717, 1.165) is 0 Å². The lowest BCUT2D eigenvalue weighted by Gasteiger charge is -2.26. The molecule has 0 bridgehead atoms. The van der Waals surface area contributed by atoms with Gasteiger partial charge in [0.15, 0.2) is 5.60 Å². The summed E-state index contributed by atoms with van der Waals surface area (Å²) in [5.74, 6) is 2.10. The van der Waals surface area contributed by atoms with Crippen LogP contribution in [0.25, 0.3) is 0 Å². The van der Waals surface area contributed by atoms with Crippen molar-refractivity contribution >= 4 is 5.82 Å². The third-order valence-electron chi connectivity index (χ3n) is 3.60. The highest BCUT2D eigenvalue weighted by atomic mass is 16.6. The van der Waals surface area contributed by atoms with Crippen molar-refractivity contribution < 1.29 is 14.6 Å². The van der Waals surface area contributed by atoms with Gasteiger partial charge in [-0.1, -0.05) is 12.0 Å². The average molecular weight is 291 g/mol. The lowest BCUT2D eigenvalue weighted by atomic mass is 9.90. The average Bonchev–Trinajstić information content (AvgIpc) is 2.81. The van der Waals surface area contributed by atoms with Gasteiger partial charge in [-0.15, -0.1) is 13.0 Å². The van der Waals surface area contributed by atoms with Crippen LogP contribution >= 0.6 is 0 Å². The smallest absolute Gasteiger partial charge is 0.351 e. The number of ether oxygens (including phenoxy) is 2. The van der Waals surface area contributed by atoms with Crippen molar-refractivity contribution in [3.05, 3.63) is 35.4 Å². The summed E-state index contributed by atoms with van der Waals surface area (Å²) in [5.41, 5.74) is 3.55. The van der Waals surface area contributed by atoms with Crippen molar-refractivity contribution in [2.75, 3.05) is 19.5 Å². The van der Waals surface area contributed by atoms with Crippen molar-refractivity contribution in [3.63, 3.8) is 0 Å². The standard InChI is InChI=1S/C14H17N3O4/c1-4-9-11(20-3)14(5-2,8-18)21-12(9)17-7-6-10(15)16-13(17)19/h2,4,6-7,9,11-12,18H,1,8H2,3H3,(H2,15,16,19)/t9-,11-,12+,14+/m0/s1. The number of terminal acetylenes is 1. The molecule has 2 rings (SSSR count). The Morgan fingerprint density at radius 3 is 3.00 bits per heavy atom. The number of nitrogen functional groups attached to an aromatic ring is 1. The van der Waals surface area contributed by atoms with Gasteiger partial charge in [0.1, 0.15) is 18.1 Å². The van der Waals surface area contributed by atoms with Crippen molar-refractivity contribution in [1.29, 1.82) is 0 Å². The molecule has 1 aliphatic rings. The Morgan fingerprint density at radius 2 is 2.52 bits per heavy atom. The van der Waals surface area contributed by atoms with Gasteiger partial charge in [-0.3, -0.25) is 4.57 Å². The zero-order valence-electron chi connectivity index (χ0n) is 11.6. The minimum atomic E-state index is -1.35. The summed E-state index contributed by atoms with van der Waals surface area (Å²) in [6, 6.07) is 1.47. The van der Waals surface area contributed by atoms with E-state index in [2.05, 4.69) is 17.5 Å². The van der Waals surface area contributed by atoms with E-state index in [-0.39, 0.29) is 5.82 Å². The fraction of sp³-hybridized carbons (Fsp3) is 0.429. The van der Waals surface area contributed by atoms with Crippen LogP contribution in [0.5, 0.6) is 0 Å². The number of hydrogen-bond donors (Lipinski definition) is 2. The molecule has 7 heteroatoms. The highest BCUT2D eigenvalue weighted by Gasteiger charge is 2.54. The number of aromatic nitrogens is 2. The lowest BCUT2D eigenvalue weighted by molar-refractivity contribution is -0.0984. The molecule has 1 aromatic rings. The number of hydrogen-bond acceptors (Lipinski definition) is 6. The largest absolute Gasteiger partial charge is 0.392 e. The minimum absolute atomic E-state index is 0.109. The number of aliphatic hydroxyl groups excluding tert-OH is 1. The minimum Gasteiger partial charge on any atom is -0.392 e. The van der Waals surface area contributed by atoms with Gasteiger partial charge in [0.25, 0.3) is 0 Å². The summed E-state index contributed by atoms with van der Waals surface area (Å²) in [5, 5.41) is 9.60. The lowest BCUT2D eigenvalue weighted by Crippen LogP contribution is -2.44. The van der Waals surface area contributed by atoms with Crippen molar-refractivity contribution in [2.45, 2.75) is 17.9 Å². The molecule has 1 saturated heterocycles. The van der Waals surface area contributed by atoms with E-state index in [1.807, 2.05) is 0 Å². The molecule has 0 amide bonds. The molecule has 0 unspecified atom stereocenters. The maximum atomic E-state index is 12.0. The van der Waals surface area contributed by atoms with Crippen LogP contribution in [0.1, 0.15) is 6.23 Å². The van der Waals surface area contributed by atoms with Crippen LogP contribution in [0.2, 0.25) is 0 Å². The number of methoxy groups -OCH3 is 1. The summed E-state index contributed by atoms with van der Waals surface area (Å²) in [7, 11) is 1.46. The van der Waals surface area contributed by atoms with Gasteiger partial charge in [0.2, 0.25) is 0 Å².